The maximum absolute atomic E-state index is 11.9. The lowest BCUT2D eigenvalue weighted by Gasteiger charge is -2.19. The lowest BCUT2D eigenvalue weighted by molar-refractivity contribution is -0.134. The third-order valence-corrected chi connectivity index (χ3v) is 3.43. The van der Waals surface area contributed by atoms with Crippen molar-refractivity contribution in [3.05, 3.63) is 35.1 Å². The van der Waals surface area contributed by atoms with Gasteiger partial charge in [-0.25, -0.2) is 0 Å². The summed E-state index contributed by atoms with van der Waals surface area (Å²) in [6.07, 6.45) is 6.09. The highest BCUT2D eigenvalue weighted by Crippen LogP contribution is 2.22. The number of furan rings is 1. The monoisotopic (exact) mass is 259 g/mol. The van der Waals surface area contributed by atoms with E-state index in [-0.39, 0.29) is 17.7 Å². The number of rotatable bonds is 2. The Kier molecular flexibility index (Phi) is 3.69. The predicted molar refractivity (Wildman–Crippen MR) is 72.5 cm³/mol. The van der Waals surface area contributed by atoms with Crippen LogP contribution in [0.2, 0.25) is 0 Å². The van der Waals surface area contributed by atoms with E-state index in [0.29, 0.717) is 12.8 Å². The quantitative estimate of drug-likeness (QED) is 0.805. The first-order chi connectivity index (χ1) is 9.08. The van der Waals surface area contributed by atoms with Gasteiger partial charge in [-0.3, -0.25) is 14.9 Å². The normalized spacial score (nSPS) is 22.2. The lowest BCUT2D eigenvalue weighted by atomic mass is 9.90. The van der Waals surface area contributed by atoms with Gasteiger partial charge >= 0.3 is 0 Å². The van der Waals surface area contributed by atoms with Crippen LogP contribution in [0.15, 0.2) is 23.3 Å². The zero-order valence-corrected chi connectivity index (χ0v) is 11.2. The molecule has 1 aliphatic rings. The molecule has 2 amide bonds. The van der Waals surface area contributed by atoms with Crippen molar-refractivity contribution in [3.8, 4) is 0 Å². The van der Waals surface area contributed by atoms with E-state index in [2.05, 4.69) is 11.9 Å². The van der Waals surface area contributed by atoms with Crippen LogP contribution in [0.4, 0.5) is 0 Å². The molecule has 0 radical (unpaired) electrons. The predicted octanol–water partition coefficient (Wildman–Crippen LogP) is 0.957. The van der Waals surface area contributed by atoms with E-state index >= 15 is 0 Å². The SMILES string of the molecule is C=C/C(C)=c1/c(C2CCC(=O)NC2=O)co/c1=C/C. The molecule has 1 fully saturated rings. The third kappa shape index (κ3) is 2.38. The van der Waals surface area contributed by atoms with Gasteiger partial charge in [-0.1, -0.05) is 12.7 Å². The molecule has 0 spiro atoms. The fourth-order valence-electron chi connectivity index (χ4n) is 2.37. The molecule has 1 atom stereocenters. The summed E-state index contributed by atoms with van der Waals surface area (Å²) in [6, 6.07) is 0. The number of carbonyl (C=O) groups is 2. The number of hydrogen-bond donors (Lipinski definition) is 1. The molecule has 100 valence electrons. The topological polar surface area (TPSA) is 59.3 Å². The molecule has 1 saturated heterocycles. The molecule has 1 aliphatic heterocycles. The second-order valence-electron chi connectivity index (χ2n) is 4.61. The largest absolute Gasteiger partial charge is 0.464 e. The van der Waals surface area contributed by atoms with Crippen LogP contribution in [0.3, 0.4) is 0 Å². The first kappa shape index (κ1) is 13.3. The minimum Gasteiger partial charge on any atom is -0.464 e. The molecule has 1 aromatic heterocycles. The average Bonchev–Trinajstić information content (AvgIpc) is 2.81. The zero-order chi connectivity index (χ0) is 14.0. The first-order valence-corrected chi connectivity index (χ1v) is 6.29. The molecule has 2 rings (SSSR count). The number of piperidine rings is 1. The molecule has 0 bridgehead atoms. The van der Waals surface area contributed by atoms with Gasteiger partial charge < -0.3 is 4.42 Å². The van der Waals surface area contributed by atoms with Gasteiger partial charge in [0.1, 0.15) is 5.42 Å². The smallest absolute Gasteiger partial charge is 0.234 e. The van der Waals surface area contributed by atoms with Crippen LogP contribution in [0.25, 0.3) is 11.6 Å². The summed E-state index contributed by atoms with van der Waals surface area (Å²) < 4.78 is 5.51. The maximum Gasteiger partial charge on any atom is 0.234 e. The van der Waals surface area contributed by atoms with E-state index in [4.69, 9.17) is 4.42 Å². The van der Waals surface area contributed by atoms with E-state index in [9.17, 15) is 9.59 Å². The van der Waals surface area contributed by atoms with Crippen molar-refractivity contribution in [2.75, 3.05) is 0 Å². The van der Waals surface area contributed by atoms with Gasteiger partial charge in [-0.05, 0) is 31.9 Å². The Morgan fingerprint density at radius 2 is 2.26 bits per heavy atom. The molecule has 0 aliphatic carbocycles. The van der Waals surface area contributed by atoms with Gasteiger partial charge in [0.25, 0.3) is 0 Å². The van der Waals surface area contributed by atoms with Crippen molar-refractivity contribution in [1.82, 2.24) is 5.32 Å². The standard InChI is InChI=1S/C15H17NO3/c1-4-9(3)14-11(8-19-12(14)5-2)10-6-7-13(17)16-15(10)18/h4-5,8,10H,1,6-7H2,2-3H3,(H,16,17,18)/b12-5+,14-9-. The molecule has 1 unspecified atom stereocenters. The average molecular weight is 259 g/mol. The fraction of sp³-hybridized carbons (Fsp3) is 0.333. The first-order valence-electron chi connectivity index (χ1n) is 6.29. The van der Waals surface area contributed by atoms with E-state index < -0.39 is 0 Å². The van der Waals surface area contributed by atoms with Crippen molar-refractivity contribution in [1.29, 1.82) is 0 Å². The highest BCUT2D eigenvalue weighted by Gasteiger charge is 2.29. The van der Waals surface area contributed by atoms with Gasteiger partial charge in [-0.2, -0.15) is 0 Å². The van der Waals surface area contributed by atoms with Gasteiger partial charge in [0.15, 0.2) is 0 Å². The summed E-state index contributed by atoms with van der Waals surface area (Å²) >= 11 is 0. The minimum absolute atomic E-state index is 0.210. The molecule has 2 heterocycles. The maximum atomic E-state index is 11.9. The number of amides is 2. The summed E-state index contributed by atoms with van der Waals surface area (Å²) in [5, 5.41) is 3.28. The van der Waals surface area contributed by atoms with Crippen LogP contribution < -0.4 is 16.0 Å². The summed E-state index contributed by atoms with van der Waals surface area (Å²) in [6.45, 7) is 7.57. The van der Waals surface area contributed by atoms with Crippen molar-refractivity contribution in [2.24, 2.45) is 0 Å². The molecule has 1 aromatic rings. The Morgan fingerprint density at radius 1 is 1.53 bits per heavy atom. The van der Waals surface area contributed by atoms with Crippen LogP contribution in [0.1, 0.15) is 38.2 Å². The van der Waals surface area contributed by atoms with Crippen LogP contribution in [-0.2, 0) is 9.59 Å². The fourth-order valence-corrected chi connectivity index (χ4v) is 2.37. The van der Waals surface area contributed by atoms with E-state index in [1.165, 1.54) is 0 Å². The summed E-state index contributed by atoms with van der Waals surface area (Å²) in [5.74, 6) is -0.796. The van der Waals surface area contributed by atoms with Gasteiger partial charge in [0.05, 0.1) is 12.2 Å². The second-order valence-corrected chi connectivity index (χ2v) is 4.61. The Bertz CT molecular complexity index is 651. The molecular weight excluding hydrogens is 242 g/mol. The number of hydrogen-bond acceptors (Lipinski definition) is 3. The number of carbonyl (C=O) groups excluding carboxylic acids is 2. The molecule has 0 aromatic carbocycles. The van der Waals surface area contributed by atoms with Crippen molar-refractivity contribution >= 4 is 23.5 Å². The molecule has 19 heavy (non-hydrogen) atoms. The molecule has 1 N–H and O–H groups in total. The lowest BCUT2D eigenvalue weighted by Crippen LogP contribution is -2.41. The summed E-state index contributed by atoms with van der Waals surface area (Å²) in [5.41, 5.74) is 2.52. The van der Waals surface area contributed by atoms with Crippen molar-refractivity contribution < 1.29 is 14.0 Å². The number of imide groups is 1. The molecular formula is C15H17NO3. The minimum atomic E-state index is -0.333. The summed E-state index contributed by atoms with van der Waals surface area (Å²) in [7, 11) is 0. The second kappa shape index (κ2) is 5.26. The molecule has 4 heteroatoms. The van der Waals surface area contributed by atoms with Gasteiger partial charge in [-0.15, -0.1) is 0 Å². The molecule has 4 nitrogen and oxygen atoms in total. The highest BCUT2D eigenvalue weighted by atomic mass is 16.3. The van der Waals surface area contributed by atoms with Gasteiger partial charge in [0.2, 0.25) is 11.8 Å². The number of nitrogens with one attached hydrogen (secondary N) is 1. The van der Waals surface area contributed by atoms with Gasteiger partial charge in [0, 0.05) is 17.2 Å². The van der Waals surface area contributed by atoms with Crippen LogP contribution in [-0.4, -0.2) is 11.8 Å². The van der Waals surface area contributed by atoms with Crippen molar-refractivity contribution in [3.63, 3.8) is 0 Å². The van der Waals surface area contributed by atoms with E-state index in [0.717, 1.165) is 21.8 Å². The van der Waals surface area contributed by atoms with Crippen LogP contribution in [0, 0.1) is 0 Å². The Balaban J connectivity index is 2.59. The zero-order valence-electron chi connectivity index (χ0n) is 11.2. The Hall–Kier alpha value is -2.10. The number of allylic oxidation sites excluding steroid dienone is 1. The highest BCUT2D eigenvalue weighted by molar-refractivity contribution is 6.01. The molecule has 0 saturated carbocycles. The Labute approximate surface area is 111 Å². The van der Waals surface area contributed by atoms with Crippen LogP contribution in [0.5, 0.6) is 0 Å². The summed E-state index contributed by atoms with van der Waals surface area (Å²) in [4.78, 5) is 23.2. The van der Waals surface area contributed by atoms with E-state index in [1.807, 2.05) is 19.9 Å². The third-order valence-electron chi connectivity index (χ3n) is 3.43. The van der Waals surface area contributed by atoms with Crippen molar-refractivity contribution in [2.45, 2.75) is 32.6 Å². The van der Waals surface area contributed by atoms with E-state index in [1.54, 1.807) is 12.3 Å². The van der Waals surface area contributed by atoms with Crippen LogP contribution >= 0.6 is 0 Å². The Morgan fingerprint density at radius 3 is 2.84 bits per heavy atom.